The smallest absolute Gasteiger partial charge is 0.258 e. The standard InChI is InChI=1S/C17H26N4O/c1-14(2)12-20-13-15(11-19-20)17(22)21(10-9-18)16-7-5-3-4-6-8-16/h11,13-14,16H,3-8,10,12H2,1-2H3. The minimum absolute atomic E-state index is 0.0524. The van der Waals surface area contributed by atoms with Crippen LogP contribution in [-0.4, -0.2) is 33.2 Å². The predicted octanol–water partition coefficient (Wildman–Crippen LogP) is 3.23. The minimum atomic E-state index is -0.0524. The van der Waals surface area contributed by atoms with Gasteiger partial charge in [0.15, 0.2) is 0 Å². The lowest BCUT2D eigenvalue weighted by Gasteiger charge is -2.28. The second kappa shape index (κ2) is 7.98. The van der Waals surface area contributed by atoms with E-state index >= 15 is 0 Å². The van der Waals surface area contributed by atoms with E-state index in [0.29, 0.717) is 11.5 Å². The number of nitrogens with zero attached hydrogens (tertiary/aromatic N) is 4. The van der Waals surface area contributed by atoms with E-state index < -0.39 is 0 Å². The summed E-state index contributed by atoms with van der Waals surface area (Å²) in [6, 6.07) is 2.35. The van der Waals surface area contributed by atoms with Crippen LogP contribution in [-0.2, 0) is 6.54 Å². The lowest BCUT2D eigenvalue weighted by Crippen LogP contribution is -2.40. The summed E-state index contributed by atoms with van der Waals surface area (Å²) in [6.07, 6.45) is 10.2. The van der Waals surface area contributed by atoms with Crippen LogP contribution in [0.15, 0.2) is 12.4 Å². The molecule has 0 N–H and O–H groups in total. The van der Waals surface area contributed by atoms with Gasteiger partial charge in [0.2, 0.25) is 0 Å². The first-order valence-corrected chi connectivity index (χ1v) is 8.32. The van der Waals surface area contributed by atoms with E-state index in [1.54, 1.807) is 11.1 Å². The molecule has 1 aliphatic carbocycles. The van der Waals surface area contributed by atoms with Gasteiger partial charge in [-0.2, -0.15) is 10.4 Å². The summed E-state index contributed by atoms with van der Waals surface area (Å²) in [7, 11) is 0. The molecule has 1 aromatic rings. The van der Waals surface area contributed by atoms with Crippen molar-refractivity contribution in [1.29, 1.82) is 5.26 Å². The van der Waals surface area contributed by atoms with Crippen molar-refractivity contribution in [3.63, 3.8) is 0 Å². The molecule has 1 amide bonds. The van der Waals surface area contributed by atoms with Gasteiger partial charge in [0.25, 0.3) is 5.91 Å². The SMILES string of the molecule is CC(C)Cn1cc(C(=O)N(CC#N)C2CCCCCC2)cn1. The molecule has 1 saturated carbocycles. The van der Waals surface area contributed by atoms with Crippen LogP contribution in [0, 0.1) is 17.2 Å². The molecular formula is C17H26N4O. The largest absolute Gasteiger partial charge is 0.322 e. The van der Waals surface area contributed by atoms with Gasteiger partial charge in [-0.1, -0.05) is 39.5 Å². The van der Waals surface area contributed by atoms with Gasteiger partial charge in [0, 0.05) is 18.8 Å². The predicted molar refractivity (Wildman–Crippen MR) is 85.2 cm³/mol. The van der Waals surface area contributed by atoms with Crippen LogP contribution < -0.4 is 0 Å². The molecule has 0 aliphatic heterocycles. The van der Waals surface area contributed by atoms with E-state index in [9.17, 15) is 4.79 Å². The Balaban J connectivity index is 2.11. The highest BCUT2D eigenvalue weighted by atomic mass is 16.2. The fourth-order valence-corrected chi connectivity index (χ4v) is 3.13. The van der Waals surface area contributed by atoms with Gasteiger partial charge >= 0.3 is 0 Å². The zero-order chi connectivity index (χ0) is 15.9. The van der Waals surface area contributed by atoms with Gasteiger partial charge < -0.3 is 4.90 Å². The second-order valence-electron chi connectivity index (χ2n) is 6.58. The fourth-order valence-electron chi connectivity index (χ4n) is 3.13. The van der Waals surface area contributed by atoms with Crippen molar-refractivity contribution >= 4 is 5.91 Å². The van der Waals surface area contributed by atoms with Gasteiger partial charge in [-0.25, -0.2) is 0 Å². The van der Waals surface area contributed by atoms with Crippen molar-refractivity contribution in [1.82, 2.24) is 14.7 Å². The van der Waals surface area contributed by atoms with Crippen LogP contribution in [0.4, 0.5) is 0 Å². The van der Waals surface area contributed by atoms with Gasteiger partial charge in [-0.05, 0) is 18.8 Å². The number of amides is 1. The monoisotopic (exact) mass is 302 g/mol. The van der Waals surface area contributed by atoms with Crippen LogP contribution in [0.3, 0.4) is 0 Å². The summed E-state index contributed by atoms with van der Waals surface area (Å²) >= 11 is 0. The molecule has 1 aliphatic rings. The normalized spacial score (nSPS) is 16.3. The molecule has 5 heteroatoms. The second-order valence-corrected chi connectivity index (χ2v) is 6.58. The molecule has 22 heavy (non-hydrogen) atoms. The Labute approximate surface area is 132 Å². The zero-order valence-corrected chi connectivity index (χ0v) is 13.7. The minimum Gasteiger partial charge on any atom is -0.322 e. The molecule has 0 bridgehead atoms. The average molecular weight is 302 g/mol. The summed E-state index contributed by atoms with van der Waals surface area (Å²) in [5.41, 5.74) is 0.597. The Morgan fingerprint density at radius 3 is 2.68 bits per heavy atom. The summed E-state index contributed by atoms with van der Waals surface area (Å²) in [4.78, 5) is 14.5. The van der Waals surface area contributed by atoms with Gasteiger partial charge in [0.1, 0.15) is 6.54 Å². The lowest BCUT2D eigenvalue weighted by molar-refractivity contribution is 0.0690. The highest BCUT2D eigenvalue weighted by molar-refractivity contribution is 5.94. The topological polar surface area (TPSA) is 61.9 Å². The van der Waals surface area contributed by atoms with Gasteiger partial charge in [-0.3, -0.25) is 9.48 Å². The molecule has 0 radical (unpaired) electrons. The number of aromatic nitrogens is 2. The molecule has 1 heterocycles. The maximum atomic E-state index is 12.8. The number of hydrogen-bond acceptors (Lipinski definition) is 3. The van der Waals surface area contributed by atoms with Crippen LogP contribution in [0.25, 0.3) is 0 Å². The van der Waals surface area contributed by atoms with Gasteiger partial charge in [0.05, 0.1) is 17.8 Å². The van der Waals surface area contributed by atoms with Crippen LogP contribution >= 0.6 is 0 Å². The van der Waals surface area contributed by atoms with E-state index in [4.69, 9.17) is 5.26 Å². The first kappa shape index (κ1) is 16.5. The molecular weight excluding hydrogens is 276 g/mol. The molecule has 1 fully saturated rings. The third-order valence-corrected chi connectivity index (χ3v) is 4.20. The summed E-state index contributed by atoms with van der Waals surface area (Å²) in [5, 5.41) is 13.4. The number of carbonyl (C=O) groups excluding carboxylic acids is 1. The molecule has 120 valence electrons. The number of rotatable bonds is 5. The maximum absolute atomic E-state index is 12.8. The fraction of sp³-hybridized carbons (Fsp3) is 0.706. The highest BCUT2D eigenvalue weighted by Crippen LogP contribution is 2.23. The van der Waals surface area contributed by atoms with Gasteiger partial charge in [-0.15, -0.1) is 0 Å². The Morgan fingerprint density at radius 1 is 1.41 bits per heavy atom. The Bertz CT molecular complexity index is 521. The van der Waals surface area contributed by atoms with Crippen molar-refractivity contribution in [2.45, 2.75) is 65.0 Å². The van der Waals surface area contributed by atoms with E-state index in [1.807, 2.05) is 10.9 Å². The van der Waals surface area contributed by atoms with Crippen LogP contribution in [0.2, 0.25) is 0 Å². The third-order valence-electron chi connectivity index (χ3n) is 4.20. The Morgan fingerprint density at radius 2 is 2.09 bits per heavy atom. The summed E-state index contributed by atoms with van der Waals surface area (Å²) < 4.78 is 1.82. The van der Waals surface area contributed by atoms with E-state index in [-0.39, 0.29) is 18.5 Å². The van der Waals surface area contributed by atoms with E-state index in [2.05, 4.69) is 25.0 Å². The zero-order valence-electron chi connectivity index (χ0n) is 13.7. The molecule has 0 spiro atoms. The molecule has 0 aromatic carbocycles. The summed E-state index contributed by atoms with van der Waals surface area (Å²) in [5.74, 6) is 0.434. The van der Waals surface area contributed by atoms with E-state index in [0.717, 1.165) is 32.2 Å². The Kier molecular flexibility index (Phi) is 6.00. The molecule has 0 unspecified atom stereocenters. The number of carbonyl (C=O) groups is 1. The van der Waals surface area contributed by atoms with E-state index in [1.165, 1.54) is 12.8 Å². The summed E-state index contributed by atoms with van der Waals surface area (Å²) in [6.45, 7) is 5.21. The van der Waals surface area contributed by atoms with Crippen molar-refractivity contribution < 1.29 is 4.79 Å². The molecule has 2 rings (SSSR count). The quantitative estimate of drug-likeness (QED) is 0.619. The number of nitriles is 1. The first-order chi connectivity index (χ1) is 10.6. The molecule has 0 atom stereocenters. The van der Waals surface area contributed by atoms with Crippen molar-refractivity contribution in [3.8, 4) is 6.07 Å². The van der Waals surface area contributed by atoms with Crippen molar-refractivity contribution in [3.05, 3.63) is 18.0 Å². The average Bonchev–Trinajstić information content (AvgIpc) is 2.77. The van der Waals surface area contributed by atoms with Crippen molar-refractivity contribution in [2.24, 2.45) is 5.92 Å². The molecule has 5 nitrogen and oxygen atoms in total. The highest BCUT2D eigenvalue weighted by Gasteiger charge is 2.26. The van der Waals surface area contributed by atoms with Crippen LogP contribution in [0.1, 0.15) is 62.7 Å². The lowest BCUT2D eigenvalue weighted by atomic mass is 10.1. The molecule has 1 aromatic heterocycles. The van der Waals surface area contributed by atoms with Crippen molar-refractivity contribution in [2.75, 3.05) is 6.54 Å². The number of hydrogen-bond donors (Lipinski definition) is 0. The van der Waals surface area contributed by atoms with Crippen LogP contribution in [0.5, 0.6) is 0 Å². The third kappa shape index (κ3) is 4.33. The maximum Gasteiger partial charge on any atom is 0.258 e. The molecule has 0 saturated heterocycles. The first-order valence-electron chi connectivity index (χ1n) is 8.32. The Hall–Kier alpha value is -1.83.